The van der Waals surface area contributed by atoms with Crippen molar-refractivity contribution in [3.8, 4) is 5.69 Å². The van der Waals surface area contributed by atoms with Crippen LogP contribution in [-0.4, -0.2) is 32.6 Å². The average molecular weight is 301 g/mol. The highest BCUT2D eigenvalue weighted by molar-refractivity contribution is 6.33. The molecule has 0 N–H and O–H groups in total. The fourth-order valence-electron chi connectivity index (χ4n) is 1.43. The van der Waals surface area contributed by atoms with Crippen molar-refractivity contribution in [3.05, 3.63) is 33.8 Å². The zero-order valence-electron chi connectivity index (χ0n) is 10.2. The fourth-order valence-corrected chi connectivity index (χ4v) is 1.85. The van der Waals surface area contributed by atoms with Crippen molar-refractivity contribution in [2.45, 2.75) is 13.8 Å². The van der Waals surface area contributed by atoms with Gasteiger partial charge in [0.05, 0.1) is 12.3 Å². The highest BCUT2D eigenvalue weighted by atomic mass is 35.5. The van der Waals surface area contributed by atoms with Crippen molar-refractivity contribution in [2.75, 3.05) is 6.61 Å². The van der Waals surface area contributed by atoms with Gasteiger partial charge >= 0.3 is 5.97 Å². The van der Waals surface area contributed by atoms with E-state index in [4.69, 9.17) is 27.9 Å². The van der Waals surface area contributed by atoms with Crippen LogP contribution in [0.1, 0.15) is 23.1 Å². The van der Waals surface area contributed by atoms with Crippen LogP contribution >= 0.6 is 23.2 Å². The predicted molar refractivity (Wildman–Crippen MR) is 69.9 cm³/mol. The van der Waals surface area contributed by atoms with Crippen LogP contribution in [0.25, 0.3) is 5.69 Å². The van der Waals surface area contributed by atoms with E-state index in [0.29, 0.717) is 11.4 Å². The molecule has 2 aromatic rings. The number of pyridine rings is 1. The number of hydrogen-bond acceptors (Lipinski definition) is 5. The molecule has 0 fully saturated rings. The van der Waals surface area contributed by atoms with E-state index in [0.717, 1.165) is 0 Å². The predicted octanol–water partition coefficient (Wildman–Crippen LogP) is 2.45. The lowest BCUT2D eigenvalue weighted by molar-refractivity contribution is 0.0518. The van der Waals surface area contributed by atoms with Crippen molar-refractivity contribution in [1.82, 2.24) is 20.0 Å². The van der Waals surface area contributed by atoms with Crippen LogP contribution in [0.4, 0.5) is 0 Å². The zero-order chi connectivity index (χ0) is 14.0. The van der Waals surface area contributed by atoms with Gasteiger partial charge in [0.1, 0.15) is 10.8 Å². The van der Waals surface area contributed by atoms with E-state index in [1.807, 2.05) is 0 Å². The molecule has 0 amide bonds. The largest absolute Gasteiger partial charge is 0.461 e. The van der Waals surface area contributed by atoms with Gasteiger partial charge in [-0.1, -0.05) is 23.2 Å². The van der Waals surface area contributed by atoms with Crippen LogP contribution < -0.4 is 0 Å². The number of carbonyl (C=O) groups is 1. The number of rotatable bonds is 3. The molecule has 19 heavy (non-hydrogen) atoms. The second-order valence-corrected chi connectivity index (χ2v) is 4.33. The van der Waals surface area contributed by atoms with Gasteiger partial charge in [-0.05, 0) is 26.0 Å². The highest BCUT2D eigenvalue weighted by Crippen LogP contribution is 2.20. The summed E-state index contributed by atoms with van der Waals surface area (Å²) in [4.78, 5) is 16.8. The minimum Gasteiger partial charge on any atom is -0.461 e. The second-order valence-electron chi connectivity index (χ2n) is 3.59. The molecule has 0 radical (unpaired) electrons. The lowest BCUT2D eigenvalue weighted by Gasteiger charge is -2.01. The Morgan fingerprint density at radius 2 is 2.11 bits per heavy atom. The maximum Gasteiger partial charge on any atom is 0.360 e. The first kappa shape index (κ1) is 13.8. The molecule has 0 bridgehead atoms. The molecule has 6 nitrogen and oxygen atoms in total. The standard InChI is InChI=1S/C11H10Cl2N4O2/c1-3-19-11(18)9-6(2)15-17(16-9)7-4-5-8(12)14-10(7)13/h4-5H,3H2,1-2H3. The number of nitrogens with zero attached hydrogens (tertiary/aromatic N) is 4. The zero-order valence-corrected chi connectivity index (χ0v) is 11.7. The molecule has 0 spiro atoms. The summed E-state index contributed by atoms with van der Waals surface area (Å²) in [5.74, 6) is -0.524. The number of esters is 1. The molecule has 0 atom stereocenters. The van der Waals surface area contributed by atoms with Crippen LogP contribution in [-0.2, 0) is 4.74 Å². The monoisotopic (exact) mass is 300 g/mol. The molecule has 0 aromatic carbocycles. The Morgan fingerprint density at radius 1 is 1.37 bits per heavy atom. The second kappa shape index (κ2) is 5.54. The first-order chi connectivity index (χ1) is 9.02. The van der Waals surface area contributed by atoms with E-state index in [1.165, 1.54) is 4.80 Å². The molecule has 2 rings (SSSR count). The summed E-state index contributed by atoms with van der Waals surface area (Å²) in [7, 11) is 0. The summed E-state index contributed by atoms with van der Waals surface area (Å²) < 4.78 is 4.88. The molecule has 0 aliphatic carbocycles. The quantitative estimate of drug-likeness (QED) is 0.643. The van der Waals surface area contributed by atoms with Gasteiger partial charge in [0.15, 0.2) is 10.8 Å². The van der Waals surface area contributed by atoms with Gasteiger partial charge in [-0.25, -0.2) is 9.78 Å². The number of aromatic nitrogens is 4. The molecular weight excluding hydrogens is 291 g/mol. The molecule has 8 heteroatoms. The molecule has 0 unspecified atom stereocenters. The Morgan fingerprint density at radius 3 is 2.74 bits per heavy atom. The number of hydrogen-bond donors (Lipinski definition) is 0. The molecule has 100 valence electrons. The van der Waals surface area contributed by atoms with Gasteiger partial charge in [-0.15, -0.1) is 9.90 Å². The minimum absolute atomic E-state index is 0.146. The summed E-state index contributed by atoms with van der Waals surface area (Å²) in [5, 5.41) is 8.58. The first-order valence-corrected chi connectivity index (χ1v) is 6.22. The third-order valence-electron chi connectivity index (χ3n) is 2.26. The Hall–Kier alpha value is -1.66. The molecular formula is C11H10Cl2N4O2. The van der Waals surface area contributed by atoms with Crippen LogP contribution in [0.2, 0.25) is 10.3 Å². The van der Waals surface area contributed by atoms with E-state index in [-0.39, 0.29) is 22.6 Å². The van der Waals surface area contributed by atoms with E-state index >= 15 is 0 Å². The van der Waals surface area contributed by atoms with Crippen molar-refractivity contribution in [2.24, 2.45) is 0 Å². The van der Waals surface area contributed by atoms with Gasteiger partial charge in [0.2, 0.25) is 0 Å². The van der Waals surface area contributed by atoms with Crippen molar-refractivity contribution >= 4 is 29.2 Å². The van der Waals surface area contributed by atoms with E-state index < -0.39 is 5.97 Å². The molecule has 0 aliphatic rings. The fraction of sp³-hybridized carbons (Fsp3) is 0.273. The molecule has 2 aromatic heterocycles. The molecule has 2 heterocycles. The molecule has 0 saturated heterocycles. The third-order valence-corrected chi connectivity index (χ3v) is 2.75. The smallest absolute Gasteiger partial charge is 0.360 e. The van der Waals surface area contributed by atoms with Crippen LogP contribution in [0, 0.1) is 6.92 Å². The maximum absolute atomic E-state index is 11.6. The Bertz CT molecular complexity index is 627. The highest BCUT2D eigenvalue weighted by Gasteiger charge is 2.18. The number of carbonyl (C=O) groups excluding carboxylic acids is 1. The lowest BCUT2D eigenvalue weighted by atomic mass is 10.3. The number of aryl methyl sites for hydroxylation is 1. The van der Waals surface area contributed by atoms with E-state index in [2.05, 4.69) is 15.2 Å². The Balaban J connectivity index is 2.42. The van der Waals surface area contributed by atoms with Gasteiger partial charge in [0, 0.05) is 0 Å². The lowest BCUT2D eigenvalue weighted by Crippen LogP contribution is -2.08. The van der Waals surface area contributed by atoms with E-state index in [1.54, 1.807) is 26.0 Å². The molecule has 0 aliphatic heterocycles. The average Bonchev–Trinajstić information content (AvgIpc) is 2.71. The Labute approximate surface area is 119 Å². The maximum atomic E-state index is 11.6. The minimum atomic E-state index is -0.524. The van der Waals surface area contributed by atoms with Gasteiger partial charge in [0.25, 0.3) is 0 Å². The topological polar surface area (TPSA) is 69.9 Å². The first-order valence-electron chi connectivity index (χ1n) is 5.46. The van der Waals surface area contributed by atoms with Gasteiger partial charge < -0.3 is 4.74 Å². The Kier molecular flexibility index (Phi) is 4.01. The van der Waals surface area contributed by atoms with Crippen molar-refractivity contribution in [1.29, 1.82) is 0 Å². The van der Waals surface area contributed by atoms with Crippen LogP contribution in [0.3, 0.4) is 0 Å². The summed E-state index contributed by atoms with van der Waals surface area (Å²) in [6.07, 6.45) is 0. The SMILES string of the molecule is CCOC(=O)c1nn(-c2ccc(Cl)nc2Cl)nc1C. The summed E-state index contributed by atoms with van der Waals surface area (Å²) in [6, 6.07) is 3.18. The van der Waals surface area contributed by atoms with Crippen molar-refractivity contribution in [3.63, 3.8) is 0 Å². The van der Waals surface area contributed by atoms with Crippen LogP contribution in [0.5, 0.6) is 0 Å². The summed E-state index contributed by atoms with van der Waals surface area (Å²) >= 11 is 11.7. The number of halogens is 2. The van der Waals surface area contributed by atoms with Crippen molar-refractivity contribution < 1.29 is 9.53 Å². The number of ether oxygens (including phenoxy) is 1. The van der Waals surface area contributed by atoms with E-state index in [9.17, 15) is 4.79 Å². The normalized spacial score (nSPS) is 10.5. The molecule has 0 saturated carbocycles. The van der Waals surface area contributed by atoms with Gasteiger partial charge in [-0.2, -0.15) is 5.10 Å². The van der Waals surface area contributed by atoms with Crippen LogP contribution in [0.15, 0.2) is 12.1 Å². The third kappa shape index (κ3) is 2.85. The summed E-state index contributed by atoms with van der Waals surface area (Å²) in [6.45, 7) is 3.65. The summed E-state index contributed by atoms with van der Waals surface area (Å²) in [5.41, 5.74) is 1.03. The van der Waals surface area contributed by atoms with Gasteiger partial charge in [-0.3, -0.25) is 0 Å².